The topological polar surface area (TPSA) is 93.4 Å². The Morgan fingerprint density at radius 2 is 1.87 bits per heavy atom. The van der Waals surface area contributed by atoms with Gasteiger partial charge in [0.2, 0.25) is 10.0 Å². The van der Waals surface area contributed by atoms with Gasteiger partial charge in [-0.1, -0.05) is 31.2 Å². The molecule has 0 aliphatic carbocycles. The number of hydrogen-bond donors (Lipinski definition) is 0. The predicted octanol–water partition coefficient (Wildman–Crippen LogP) is 2.34. The van der Waals surface area contributed by atoms with E-state index in [4.69, 9.17) is 0 Å². The van der Waals surface area contributed by atoms with Gasteiger partial charge in [-0.3, -0.25) is 15.1 Å². The van der Waals surface area contributed by atoms with Crippen molar-refractivity contribution in [2.45, 2.75) is 19.2 Å². The number of pyridine rings is 1. The molecule has 1 aromatic carbocycles. The SMILES string of the molecule is CCN(Cc1ccccn1)S(=O)(=O)Cc1ccccc1[N+](=O)[O-]. The van der Waals surface area contributed by atoms with Gasteiger partial charge in [-0.25, -0.2) is 8.42 Å². The average Bonchev–Trinajstić information content (AvgIpc) is 2.53. The largest absolute Gasteiger partial charge is 0.273 e. The maximum Gasteiger partial charge on any atom is 0.273 e. The lowest BCUT2D eigenvalue weighted by atomic mass is 10.2. The summed E-state index contributed by atoms with van der Waals surface area (Å²) < 4.78 is 26.4. The van der Waals surface area contributed by atoms with Crippen molar-refractivity contribution in [3.8, 4) is 0 Å². The molecule has 0 atom stereocenters. The number of para-hydroxylation sites is 1. The first kappa shape index (κ1) is 17.0. The van der Waals surface area contributed by atoms with Crippen molar-refractivity contribution >= 4 is 15.7 Å². The van der Waals surface area contributed by atoms with Crippen molar-refractivity contribution < 1.29 is 13.3 Å². The molecule has 7 nitrogen and oxygen atoms in total. The lowest BCUT2D eigenvalue weighted by Gasteiger charge is -2.20. The average molecular weight is 335 g/mol. The van der Waals surface area contributed by atoms with Gasteiger partial charge in [-0.15, -0.1) is 0 Å². The molecule has 0 unspecified atom stereocenters. The summed E-state index contributed by atoms with van der Waals surface area (Å²) in [7, 11) is -3.69. The van der Waals surface area contributed by atoms with E-state index in [1.54, 1.807) is 37.4 Å². The van der Waals surface area contributed by atoms with Crippen LogP contribution in [0.25, 0.3) is 0 Å². The number of hydrogen-bond acceptors (Lipinski definition) is 5. The summed E-state index contributed by atoms with van der Waals surface area (Å²) in [5.74, 6) is -0.412. The highest BCUT2D eigenvalue weighted by Crippen LogP contribution is 2.22. The summed E-state index contributed by atoms with van der Waals surface area (Å²) >= 11 is 0. The number of nitro benzene ring substituents is 1. The third-order valence-corrected chi connectivity index (χ3v) is 5.19. The van der Waals surface area contributed by atoms with Gasteiger partial charge < -0.3 is 0 Å². The van der Waals surface area contributed by atoms with E-state index < -0.39 is 20.7 Å². The van der Waals surface area contributed by atoms with Crippen molar-refractivity contribution in [1.82, 2.24) is 9.29 Å². The Bertz CT molecular complexity index is 778. The molecule has 0 N–H and O–H groups in total. The highest BCUT2D eigenvalue weighted by Gasteiger charge is 2.25. The maximum atomic E-state index is 12.6. The van der Waals surface area contributed by atoms with Crippen LogP contribution in [0.5, 0.6) is 0 Å². The number of sulfonamides is 1. The Labute approximate surface area is 134 Å². The van der Waals surface area contributed by atoms with E-state index >= 15 is 0 Å². The van der Waals surface area contributed by atoms with Crippen molar-refractivity contribution in [3.63, 3.8) is 0 Å². The predicted molar refractivity (Wildman–Crippen MR) is 86.0 cm³/mol. The Morgan fingerprint density at radius 3 is 2.48 bits per heavy atom. The minimum Gasteiger partial charge on any atom is -0.260 e. The number of rotatable bonds is 7. The molecule has 2 aromatic rings. The minimum atomic E-state index is -3.69. The van der Waals surface area contributed by atoms with Crippen molar-refractivity contribution in [1.29, 1.82) is 0 Å². The zero-order valence-electron chi connectivity index (χ0n) is 12.6. The van der Waals surface area contributed by atoms with Gasteiger partial charge in [0.25, 0.3) is 5.69 Å². The molecule has 0 bridgehead atoms. The van der Waals surface area contributed by atoms with Crippen LogP contribution in [-0.4, -0.2) is 29.2 Å². The Balaban J connectivity index is 2.25. The second kappa shape index (κ2) is 7.30. The molecule has 23 heavy (non-hydrogen) atoms. The smallest absolute Gasteiger partial charge is 0.260 e. The molecule has 8 heteroatoms. The van der Waals surface area contributed by atoms with Crippen molar-refractivity contribution in [3.05, 3.63) is 70.0 Å². The van der Waals surface area contributed by atoms with Gasteiger partial charge in [0.15, 0.2) is 0 Å². The Morgan fingerprint density at radius 1 is 1.17 bits per heavy atom. The second-order valence-electron chi connectivity index (χ2n) is 4.89. The fourth-order valence-corrected chi connectivity index (χ4v) is 3.72. The van der Waals surface area contributed by atoms with Crippen LogP contribution in [-0.2, 0) is 22.3 Å². The second-order valence-corrected chi connectivity index (χ2v) is 6.86. The van der Waals surface area contributed by atoms with E-state index in [2.05, 4.69) is 4.98 Å². The summed E-state index contributed by atoms with van der Waals surface area (Å²) in [6.45, 7) is 2.12. The molecule has 0 aliphatic rings. The van der Waals surface area contributed by atoms with E-state index in [1.807, 2.05) is 0 Å². The van der Waals surface area contributed by atoms with Crippen LogP contribution in [0.4, 0.5) is 5.69 Å². The fourth-order valence-electron chi connectivity index (χ4n) is 2.18. The minimum absolute atomic E-state index is 0.139. The molecule has 122 valence electrons. The van der Waals surface area contributed by atoms with Crippen molar-refractivity contribution in [2.75, 3.05) is 6.54 Å². The van der Waals surface area contributed by atoms with Crippen LogP contribution < -0.4 is 0 Å². The fraction of sp³-hybridized carbons (Fsp3) is 0.267. The maximum absolute atomic E-state index is 12.6. The molecule has 0 saturated heterocycles. The summed E-state index contributed by atoms with van der Waals surface area (Å²) in [5, 5.41) is 11.0. The lowest BCUT2D eigenvalue weighted by Crippen LogP contribution is -2.32. The van der Waals surface area contributed by atoms with Crippen LogP contribution in [0.3, 0.4) is 0 Å². The van der Waals surface area contributed by atoms with E-state index in [0.717, 1.165) is 0 Å². The molecule has 0 amide bonds. The summed E-state index contributed by atoms with van der Waals surface area (Å²) in [6.07, 6.45) is 1.60. The molecule has 2 rings (SSSR count). The standard InChI is InChI=1S/C15H17N3O4S/c1-2-17(11-14-8-5-6-10-16-14)23(21,22)12-13-7-3-4-9-15(13)18(19)20/h3-10H,2,11-12H2,1H3. The Hall–Kier alpha value is -2.32. The number of nitrogens with zero attached hydrogens (tertiary/aromatic N) is 3. The highest BCUT2D eigenvalue weighted by molar-refractivity contribution is 7.88. The number of nitro groups is 1. The third kappa shape index (κ3) is 4.33. The normalized spacial score (nSPS) is 11.6. The van der Waals surface area contributed by atoms with Crippen LogP contribution in [0.2, 0.25) is 0 Å². The first-order valence-electron chi connectivity index (χ1n) is 7.04. The summed E-state index contributed by atoms with van der Waals surface area (Å²) in [5.41, 5.74) is 0.613. The summed E-state index contributed by atoms with van der Waals surface area (Å²) in [6, 6.07) is 11.1. The van der Waals surface area contributed by atoms with E-state index in [9.17, 15) is 18.5 Å². The number of aromatic nitrogens is 1. The van der Waals surface area contributed by atoms with Gasteiger partial charge in [0.1, 0.15) is 0 Å². The summed E-state index contributed by atoms with van der Waals surface area (Å²) in [4.78, 5) is 14.6. The number of benzene rings is 1. The van der Waals surface area contributed by atoms with Crippen LogP contribution in [0.1, 0.15) is 18.2 Å². The lowest BCUT2D eigenvalue weighted by molar-refractivity contribution is -0.385. The molecule has 0 spiro atoms. The molecule has 0 fully saturated rings. The zero-order valence-corrected chi connectivity index (χ0v) is 13.4. The van der Waals surface area contributed by atoms with Gasteiger partial charge in [-0.2, -0.15) is 4.31 Å². The third-order valence-electron chi connectivity index (χ3n) is 3.34. The highest BCUT2D eigenvalue weighted by atomic mass is 32.2. The molecule has 0 aliphatic heterocycles. The van der Waals surface area contributed by atoms with Gasteiger partial charge in [0.05, 0.1) is 22.9 Å². The van der Waals surface area contributed by atoms with E-state index in [0.29, 0.717) is 5.69 Å². The zero-order chi connectivity index (χ0) is 16.9. The molecular weight excluding hydrogens is 318 g/mol. The van der Waals surface area contributed by atoms with Gasteiger partial charge in [0, 0.05) is 24.4 Å². The monoisotopic (exact) mass is 335 g/mol. The van der Waals surface area contributed by atoms with Crippen LogP contribution in [0, 0.1) is 10.1 Å². The first-order valence-corrected chi connectivity index (χ1v) is 8.65. The van der Waals surface area contributed by atoms with Crippen LogP contribution in [0.15, 0.2) is 48.7 Å². The van der Waals surface area contributed by atoms with E-state index in [1.165, 1.54) is 22.5 Å². The van der Waals surface area contributed by atoms with E-state index in [-0.39, 0.29) is 24.3 Å². The van der Waals surface area contributed by atoms with Gasteiger partial charge >= 0.3 is 0 Å². The molecule has 1 heterocycles. The molecule has 1 aromatic heterocycles. The quantitative estimate of drug-likeness (QED) is 0.572. The molecule has 0 radical (unpaired) electrons. The van der Waals surface area contributed by atoms with Crippen molar-refractivity contribution in [2.24, 2.45) is 0 Å². The Kier molecular flexibility index (Phi) is 5.41. The molecule has 0 saturated carbocycles. The first-order chi connectivity index (χ1) is 10.9. The van der Waals surface area contributed by atoms with Gasteiger partial charge in [-0.05, 0) is 12.1 Å². The molecular formula is C15H17N3O4S. The van der Waals surface area contributed by atoms with Crippen LogP contribution >= 0.6 is 0 Å².